The molecule has 2 aliphatic rings. The molecule has 1 saturated carbocycles. The highest BCUT2D eigenvalue weighted by atomic mass is 15.2. The maximum absolute atomic E-state index is 3.51. The van der Waals surface area contributed by atoms with E-state index >= 15 is 0 Å². The number of rotatable bonds is 1. The second kappa shape index (κ2) is 5.72. The average molecular weight is 196 g/mol. The van der Waals surface area contributed by atoms with Crippen LogP contribution < -0.4 is 5.32 Å². The van der Waals surface area contributed by atoms with Gasteiger partial charge in [-0.1, -0.05) is 19.3 Å². The fourth-order valence-corrected chi connectivity index (χ4v) is 2.84. The largest absolute Gasteiger partial charge is 0.315 e. The second-order valence-electron chi connectivity index (χ2n) is 4.78. The molecule has 82 valence electrons. The first-order valence-corrected chi connectivity index (χ1v) is 6.41. The molecule has 0 aromatic carbocycles. The molecule has 0 unspecified atom stereocenters. The summed E-state index contributed by atoms with van der Waals surface area (Å²) in [4.78, 5) is 2.74. The molecule has 0 bridgehead atoms. The lowest BCUT2D eigenvalue weighted by Gasteiger charge is -2.35. The smallest absolute Gasteiger partial charge is 0.0110 e. The summed E-state index contributed by atoms with van der Waals surface area (Å²) < 4.78 is 0. The van der Waals surface area contributed by atoms with Gasteiger partial charge in [-0.05, 0) is 38.8 Å². The van der Waals surface area contributed by atoms with Gasteiger partial charge in [0.1, 0.15) is 0 Å². The molecule has 2 fully saturated rings. The van der Waals surface area contributed by atoms with Gasteiger partial charge in [0.15, 0.2) is 0 Å². The highest BCUT2D eigenvalue weighted by Gasteiger charge is 2.20. The Morgan fingerprint density at radius 3 is 2.50 bits per heavy atom. The molecule has 2 heteroatoms. The van der Waals surface area contributed by atoms with Gasteiger partial charge in [0, 0.05) is 19.1 Å². The predicted octanol–water partition coefficient (Wildman–Crippen LogP) is 2.00. The van der Waals surface area contributed by atoms with Crippen LogP contribution in [0.2, 0.25) is 0 Å². The zero-order valence-electron chi connectivity index (χ0n) is 9.30. The summed E-state index contributed by atoms with van der Waals surface area (Å²) in [6, 6.07) is 0.920. The molecule has 1 heterocycles. The normalized spacial score (nSPS) is 28.3. The fraction of sp³-hybridized carbons (Fsp3) is 1.00. The molecular formula is C12H24N2. The molecular weight excluding hydrogens is 172 g/mol. The Hall–Kier alpha value is -0.0800. The van der Waals surface area contributed by atoms with E-state index in [4.69, 9.17) is 0 Å². The van der Waals surface area contributed by atoms with Crippen molar-refractivity contribution in [3.8, 4) is 0 Å². The van der Waals surface area contributed by atoms with Crippen molar-refractivity contribution >= 4 is 0 Å². The van der Waals surface area contributed by atoms with Crippen LogP contribution in [-0.4, -0.2) is 37.1 Å². The van der Waals surface area contributed by atoms with Crippen LogP contribution in [0, 0.1) is 0 Å². The Labute approximate surface area is 88.1 Å². The summed E-state index contributed by atoms with van der Waals surface area (Å²) in [6.07, 6.45) is 10.1. The molecule has 0 aromatic heterocycles. The van der Waals surface area contributed by atoms with Gasteiger partial charge in [-0.25, -0.2) is 0 Å². The highest BCUT2D eigenvalue weighted by molar-refractivity contribution is 4.77. The maximum Gasteiger partial charge on any atom is 0.0110 e. The zero-order chi connectivity index (χ0) is 9.64. The zero-order valence-corrected chi connectivity index (χ0v) is 9.30. The van der Waals surface area contributed by atoms with Crippen molar-refractivity contribution < 1.29 is 0 Å². The molecule has 0 aromatic rings. The maximum atomic E-state index is 3.51. The molecule has 2 nitrogen and oxygen atoms in total. The van der Waals surface area contributed by atoms with E-state index in [9.17, 15) is 0 Å². The van der Waals surface area contributed by atoms with E-state index in [0.29, 0.717) is 0 Å². The Bertz CT molecular complexity index is 144. The van der Waals surface area contributed by atoms with Gasteiger partial charge in [0.05, 0.1) is 0 Å². The van der Waals surface area contributed by atoms with Crippen LogP contribution >= 0.6 is 0 Å². The number of nitrogens with one attached hydrogen (secondary N) is 1. The fourth-order valence-electron chi connectivity index (χ4n) is 2.84. The molecule has 0 spiro atoms. The lowest BCUT2D eigenvalue weighted by atomic mass is 9.94. The van der Waals surface area contributed by atoms with Gasteiger partial charge in [-0.3, -0.25) is 4.90 Å². The molecule has 14 heavy (non-hydrogen) atoms. The van der Waals surface area contributed by atoms with E-state index in [2.05, 4.69) is 10.2 Å². The Morgan fingerprint density at radius 1 is 0.786 bits per heavy atom. The van der Waals surface area contributed by atoms with Crippen molar-refractivity contribution in [1.29, 1.82) is 0 Å². The summed E-state index contributed by atoms with van der Waals surface area (Å²) in [5.74, 6) is 0. The Kier molecular flexibility index (Phi) is 4.26. The Balaban J connectivity index is 1.80. The first-order chi connectivity index (χ1) is 6.97. The van der Waals surface area contributed by atoms with E-state index in [1.54, 1.807) is 0 Å². The third-order valence-electron chi connectivity index (χ3n) is 3.72. The van der Waals surface area contributed by atoms with E-state index < -0.39 is 0 Å². The summed E-state index contributed by atoms with van der Waals surface area (Å²) in [5.41, 5.74) is 0. The topological polar surface area (TPSA) is 15.3 Å². The quantitative estimate of drug-likeness (QED) is 0.690. The van der Waals surface area contributed by atoms with E-state index in [-0.39, 0.29) is 0 Å². The van der Waals surface area contributed by atoms with Crippen LogP contribution in [-0.2, 0) is 0 Å². The summed E-state index contributed by atoms with van der Waals surface area (Å²) in [5, 5.41) is 3.51. The lowest BCUT2D eigenvalue weighted by molar-refractivity contribution is 0.148. The van der Waals surface area contributed by atoms with Crippen LogP contribution in [0.1, 0.15) is 44.9 Å². The van der Waals surface area contributed by atoms with Crippen LogP contribution in [0.25, 0.3) is 0 Å². The molecule has 0 amide bonds. The summed E-state index contributed by atoms with van der Waals surface area (Å²) in [6.45, 7) is 5.08. The number of hydrogen-bond acceptors (Lipinski definition) is 2. The van der Waals surface area contributed by atoms with Crippen molar-refractivity contribution in [2.45, 2.75) is 51.0 Å². The van der Waals surface area contributed by atoms with Gasteiger partial charge < -0.3 is 5.32 Å². The molecule has 1 saturated heterocycles. The SMILES string of the molecule is C1CCC(N2CCCCNCC2)CC1. The molecule has 1 aliphatic carbocycles. The molecule has 0 radical (unpaired) electrons. The van der Waals surface area contributed by atoms with Crippen LogP contribution in [0.3, 0.4) is 0 Å². The minimum Gasteiger partial charge on any atom is -0.315 e. The van der Waals surface area contributed by atoms with Gasteiger partial charge in [-0.2, -0.15) is 0 Å². The van der Waals surface area contributed by atoms with E-state index in [1.165, 1.54) is 71.1 Å². The van der Waals surface area contributed by atoms with E-state index in [1.807, 2.05) is 0 Å². The third-order valence-corrected chi connectivity index (χ3v) is 3.72. The third kappa shape index (κ3) is 2.96. The summed E-state index contributed by atoms with van der Waals surface area (Å²) >= 11 is 0. The van der Waals surface area contributed by atoms with Gasteiger partial charge in [-0.15, -0.1) is 0 Å². The monoisotopic (exact) mass is 196 g/mol. The van der Waals surface area contributed by atoms with Crippen LogP contribution in [0.15, 0.2) is 0 Å². The standard InChI is InChI=1S/C12H24N2/c1-2-6-12(7-3-1)14-10-5-4-8-13-9-11-14/h12-13H,1-11H2. The molecule has 1 aliphatic heterocycles. The predicted molar refractivity (Wildman–Crippen MR) is 60.5 cm³/mol. The lowest BCUT2D eigenvalue weighted by Crippen LogP contribution is -2.43. The minimum absolute atomic E-state index is 0.920. The molecule has 0 atom stereocenters. The number of nitrogens with zero attached hydrogens (tertiary/aromatic N) is 1. The highest BCUT2D eigenvalue weighted by Crippen LogP contribution is 2.22. The average Bonchev–Trinajstić information content (AvgIpc) is 2.18. The van der Waals surface area contributed by atoms with Gasteiger partial charge in [0.25, 0.3) is 0 Å². The summed E-state index contributed by atoms with van der Waals surface area (Å²) in [7, 11) is 0. The van der Waals surface area contributed by atoms with Crippen molar-refractivity contribution in [3.63, 3.8) is 0 Å². The van der Waals surface area contributed by atoms with Crippen LogP contribution in [0.4, 0.5) is 0 Å². The van der Waals surface area contributed by atoms with Crippen molar-refractivity contribution in [3.05, 3.63) is 0 Å². The van der Waals surface area contributed by atoms with E-state index in [0.717, 1.165) is 6.04 Å². The van der Waals surface area contributed by atoms with Gasteiger partial charge >= 0.3 is 0 Å². The van der Waals surface area contributed by atoms with Crippen molar-refractivity contribution in [2.75, 3.05) is 26.2 Å². The van der Waals surface area contributed by atoms with Crippen LogP contribution in [0.5, 0.6) is 0 Å². The molecule has 2 rings (SSSR count). The number of hydrogen-bond donors (Lipinski definition) is 1. The second-order valence-corrected chi connectivity index (χ2v) is 4.78. The first-order valence-electron chi connectivity index (χ1n) is 6.41. The van der Waals surface area contributed by atoms with Gasteiger partial charge in [0.2, 0.25) is 0 Å². The first kappa shape index (κ1) is 10.4. The molecule has 1 N–H and O–H groups in total. The minimum atomic E-state index is 0.920. The Morgan fingerprint density at radius 2 is 1.64 bits per heavy atom. The van der Waals surface area contributed by atoms with Crippen molar-refractivity contribution in [1.82, 2.24) is 10.2 Å². The van der Waals surface area contributed by atoms with Crippen molar-refractivity contribution in [2.24, 2.45) is 0 Å².